The van der Waals surface area contributed by atoms with Crippen molar-refractivity contribution in [1.29, 1.82) is 0 Å². The number of nitrogens with one attached hydrogen (secondary N) is 2. The van der Waals surface area contributed by atoms with E-state index in [1.807, 2.05) is 6.07 Å². The van der Waals surface area contributed by atoms with Gasteiger partial charge in [0.2, 0.25) is 0 Å². The number of benzene rings is 1. The van der Waals surface area contributed by atoms with Crippen LogP contribution in [0.3, 0.4) is 0 Å². The van der Waals surface area contributed by atoms with Crippen LogP contribution in [-0.4, -0.2) is 55.8 Å². The maximum absolute atomic E-state index is 5.79. The van der Waals surface area contributed by atoms with Gasteiger partial charge in [0.25, 0.3) is 0 Å². The van der Waals surface area contributed by atoms with E-state index in [0.29, 0.717) is 12.2 Å². The van der Waals surface area contributed by atoms with E-state index in [-0.39, 0.29) is 6.04 Å². The van der Waals surface area contributed by atoms with Gasteiger partial charge in [0.1, 0.15) is 0 Å². The molecule has 140 valence electrons. The Morgan fingerprint density at radius 2 is 1.92 bits per heavy atom. The summed E-state index contributed by atoms with van der Waals surface area (Å²) >= 11 is 0. The lowest BCUT2D eigenvalue weighted by Gasteiger charge is -2.35. The first kappa shape index (κ1) is 19.7. The minimum atomic E-state index is 0.236. The van der Waals surface area contributed by atoms with Crippen LogP contribution >= 0.6 is 0 Å². The first-order valence-electron chi connectivity index (χ1n) is 9.56. The molecule has 5 heteroatoms. The molecular weight excluding hydrogens is 312 g/mol. The quantitative estimate of drug-likeness (QED) is 0.453. The van der Waals surface area contributed by atoms with Crippen molar-refractivity contribution < 1.29 is 4.74 Å². The summed E-state index contributed by atoms with van der Waals surface area (Å²) < 4.78 is 5.79. The molecule has 3 unspecified atom stereocenters. The van der Waals surface area contributed by atoms with Crippen LogP contribution in [0.5, 0.6) is 0 Å². The maximum Gasteiger partial charge on any atom is 0.191 e. The van der Waals surface area contributed by atoms with Crippen molar-refractivity contribution in [3.8, 4) is 0 Å². The predicted octanol–water partition coefficient (Wildman–Crippen LogP) is 2.80. The fourth-order valence-electron chi connectivity index (χ4n) is 3.30. The normalized spacial score (nSPS) is 23.3. The van der Waals surface area contributed by atoms with Gasteiger partial charge >= 0.3 is 0 Å². The van der Waals surface area contributed by atoms with Crippen LogP contribution < -0.4 is 10.6 Å². The number of nitrogens with zero attached hydrogens (tertiary/aromatic N) is 2. The molecule has 5 nitrogen and oxygen atoms in total. The van der Waals surface area contributed by atoms with Gasteiger partial charge in [-0.25, -0.2) is 0 Å². The Hall–Kier alpha value is -1.59. The highest BCUT2D eigenvalue weighted by molar-refractivity contribution is 5.80. The van der Waals surface area contributed by atoms with E-state index < -0.39 is 0 Å². The van der Waals surface area contributed by atoms with Crippen molar-refractivity contribution in [1.82, 2.24) is 15.5 Å². The summed E-state index contributed by atoms with van der Waals surface area (Å²) in [6, 6.07) is 10.7. The van der Waals surface area contributed by atoms with E-state index in [0.717, 1.165) is 45.1 Å². The summed E-state index contributed by atoms with van der Waals surface area (Å²) in [5.41, 5.74) is 1.27. The van der Waals surface area contributed by atoms with Crippen LogP contribution in [-0.2, 0) is 4.74 Å². The van der Waals surface area contributed by atoms with E-state index >= 15 is 0 Å². The minimum absolute atomic E-state index is 0.236. The predicted molar refractivity (Wildman–Crippen MR) is 105 cm³/mol. The first-order valence-corrected chi connectivity index (χ1v) is 9.56. The number of aliphatic imine (C=N–C) groups is 1. The zero-order valence-corrected chi connectivity index (χ0v) is 16.2. The second kappa shape index (κ2) is 10.4. The Morgan fingerprint density at radius 3 is 2.56 bits per heavy atom. The topological polar surface area (TPSA) is 48.9 Å². The van der Waals surface area contributed by atoms with Crippen molar-refractivity contribution in [3.05, 3.63) is 35.9 Å². The van der Waals surface area contributed by atoms with Crippen molar-refractivity contribution in [3.63, 3.8) is 0 Å². The number of morpholine rings is 1. The summed E-state index contributed by atoms with van der Waals surface area (Å²) in [6.45, 7) is 13.4. The van der Waals surface area contributed by atoms with Crippen LogP contribution in [0.4, 0.5) is 0 Å². The number of guanidine groups is 1. The second-order valence-electron chi connectivity index (χ2n) is 6.91. The molecule has 1 saturated heterocycles. The van der Waals surface area contributed by atoms with E-state index in [4.69, 9.17) is 9.73 Å². The Balaban J connectivity index is 1.79. The smallest absolute Gasteiger partial charge is 0.191 e. The Bertz CT molecular complexity index is 510. The van der Waals surface area contributed by atoms with Crippen LogP contribution in [0.15, 0.2) is 35.3 Å². The molecule has 2 N–H and O–H groups in total. The SMILES string of the molecule is CCNC(=NCCCN1CC(C)OC(C)C1)NC(C)c1ccccc1. The molecular formula is C20H34N4O. The number of hydrogen-bond donors (Lipinski definition) is 2. The highest BCUT2D eigenvalue weighted by Gasteiger charge is 2.21. The van der Waals surface area contributed by atoms with Gasteiger partial charge < -0.3 is 15.4 Å². The highest BCUT2D eigenvalue weighted by atomic mass is 16.5. The van der Waals surface area contributed by atoms with Gasteiger partial charge in [-0.3, -0.25) is 9.89 Å². The van der Waals surface area contributed by atoms with Crippen LogP contribution in [0.2, 0.25) is 0 Å². The number of rotatable bonds is 7. The van der Waals surface area contributed by atoms with Gasteiger partial charge in [0, 0.05) is 32.7 Å². The van der Waals surface area contributed by atoms with Crippen LogP contribution in [0.25, 0.3) is 0 Å². The van der Waals surface area contributed by atoms with Crippen LogP contribution in [0.1, 0.15) is 45.7 Å². The monoisotopic (exact) mass is 346 g/mol. The molecule has 1 fully saturated rings. The molecule has 0 spiro atoms. The molecule has 1 aliphatic rings. The zero-order chi connectivity index (χ0) is 18.1. The van der Waals surface area contributed by atoms with E-state index in [2.05, 4.69) is 67.5 Å². The molecule has 1 heterocycles. The first-order chi connectivity index (χ1) is 12.1. The minimum Gasteiger partial charge on any atom is -0.373 e. The van der Waals surface area contributed by atoms with Crippen molar-refractivity contribution >= 4 is 5.96 Å². The van der Waals surface area contributed by atoms with E-state index in [9.17, 15) is 0 Å². The molecule has 0 radical (unpaired) electrons. The Kier molecular flexibility index (Phi) is 8.22. The summed E-state index contributed by atoms with van der Waals surface area (Å²) in [7, 11) is 0. The van der Waals surface area contributed by atoms with Crippen molar-refractivity contribution in [2.45, 2.75) is 52.4 Å². The lowest BCUT2D eigenvalue weighted by Crippen LogP contribution is -2.45. The van der Waals surface area contributed by atoms with Gasteiger partial charge in [0.15, 0.2) is 5.96 Å². The van der Waals surface area contributed by atoms with Gasteiger partial charge in [-0.05, 0) is 39.7 Å². The van der Waals surface area contributed by atoms with Gasteiger partial charge in [-0.15, -0.1) is 0 Å². The molecule has 0 aliphatic carbocycles. The van der Waals surface area contributed by atoms with Gasteiger partial charge in [0.05, 0.1) is 18.2 Å². The molecule has 1 aliphatic heterocycles. The summed E-state index contributed by atoms with van der Waals surface area (Å²) in [6.07, 6.45) is 1.73. The van der Waals surface area contributed by atoms with E-state index in [1.165, 1.54) is 5.56 Å². The third kappa shape index (κ3) is 7.04. The molecule has 0 bridgehead atoms. The molecule has 1 aromatic carbocycles. The summed E-state index contributed by atoms with van der Waals surface area (Å²) in [4.78, 5) is 7.23. The lowest BCUT2D eigenvalue weighted by molar-refractivity contribution is -0.0679. The van der Waals surface area contributed by atoms with E-state index in [1.54, 1.807) is 0 Å². The van der Waals surface area contributed by atoms with Crippen molar-refractivity contribution in [2.24, 2.45) is 4.99 Å². The third-order valence-electron chi connectivity index (χ3n) is 4.39. The largest absolute Gasteiger partial charge is 0.373 e. The van der Waals surface area contributed by atoms with Crippen LogP contribution in [0, 0.1) is 0 Å². The number of hydrogen-bond acceptors (Lipinski definition) is 3. The Morgan fingerprint density at radius 1 is 1.24 bits per heavy atom. The van der Waals surface area contributed by atoms with Crippen molar-refractivity contribution in [2.75, 3.05) is 32.7 Å². The summed E-state index contributed by atoms with van der Waals surface area (Å²) in [5.74, 6) is 0.891. The molecule has 2 rings (SSSR count). The fraction of sp³-hybridized carbons (Fsp3) is 0.650. The lowest BCUT2D eigenvalue weighted by atomic mass is 10.1. The molecule has 0 saturated carbocycles. The maximum atomic E-state index is 5.79. The zero-order valence-electron chi connectivity index (χ0n) is 16.2. The standard InChI is InChI=1S/C20H34N4O/c1-5-21-20(23-18(4)19-10-7-6-8-11-19)22-12-9-13-24-14-16(2)25-17(3)15-24/h6-8,10-11,16-18H,5,9,12-15H2,1-4H3,(H2,21,22,23). The molecule has 25 heavy (non-hydrogen) atoms. The third-order valence-corrected chi connectivity index (χ3v) is 4.39. The molecule has 3 atom stereocenters. The molecule has 0 amide bonds. The number of ether oxygens (including phenoxy) is 1. The van der Waals surface area contributed by atoms with Gasteiger partial charge in [-0.1, -0.05) is 30.3 Å². The second-order valence-corrected chi connectivity index (χ2v) is 6.91. The Labute approximate surface area is 152 Å². The van der Waals surface area contributed by atoms with Gasteiger partial charge in [-0.2, -0.15) is 0 Å². The summed E-state index contributed by atoms with van der Waals surface area (Å²) in [5, 5.41) is 6.83. The average molecular weight is 347 g/mol. The molecule has 1 aromatic rings. The fourth-order valence-corrected chi connectivity index (χ4v) is 3.30. The molecule has 0 aromatic heterocycles. The highest BCUT2D eigenvalue weighted by Crippen LogP contribution is 2.12. The average Bonchev–Trinajstić information content (AvgIpc) is 2.58.